The van der Waals surface area contributed by atoms with Gasteiger partial charge in [0.05, 0.1) is 30.6 Å². The summed E-state index contributed by atoms with van der Waals surface area (Å²) >= 11 is 1.43. The number of carboxylic acid groups (broad SMARTS) is 1. The summed E-state index contributed by atoms with van der Waals surface area (Å²) in [6, 6.07) is -0.592. The quantitative estimate of drug-likeness (QED) is 0.278. The summed E-state index contributed by atoms with van der Waals surface area (Å²) in [7, 11) is 0. The summed E-state index contributed by atoms with van der Waals surface area (Å²) < 4.78 is 0. The van der Waals surface area contributed by atoms with Crippen molar-refractivity contribution in [3.8, 4) is 0 Å². The topological polar surface area (TPSA) is 156 Å². The number of amides is 2. The molecule has 0 aromatic rings. The third kappa shape index (κ3) is 4.41. The van der Waals surface area contributed by atoms with Crippen LogP contribution >= 0.6 is 11.8 Å². The highest BCUT2D eigenvalue weighted by Crippen LogP contribution is 2.51. The number of carbonyl (C=O) groups excluding carboxylic acids is 2. The summed E-state index contributed by atoms with van der Waals surface area (Å²) in [5, 5.41) is 33.7. The molecule has 4 aliphatic rings. The van der Waals surface area contributed by atoms with Crippen molar-refractivity contribution in [2.24, 2.45) is 23.5 Å². The van der Waals surface area contributed by atoms with Crippen LogP contribution in [0, 0.1) is 17.8 Å². The van der Waals surface area contributed by atoms with E-state index in [-0.39, 0.29) is 47.2 Å². The van der Waals surface area contributed by atoms with Crippen LogP contribution in [0.2, 0.25) is 0 Å². The van der Waals surface area contributed by atoms with Gasteiger partial charge in [-0.05, 0) is 32.2 Å². The summed E-state index contributed by atoms with van der Waals surface area (Å²) in [6.07, 6.45) is -0.121. The standard InChI is InChI=1S/C22H34N4O6S/c1-10-18-17(11(2)27)21(30)26(18)19(22(31)32)20(10)33-13-5-14(24-8-13)15(28)6-16(29)25-4-3-12(7-23)9-25/h10-15,17-18,24,27-28H,3-9,23H2,1-2H3,(H,31,32)/t10?,11?,12?,13?,14?,15?,17?,18-/m1/s1. The zero-order chi connectivity index (χ0) is 24.0. The van der Waals surface area contributed by atoms with E-state index in [0.29, 0.717) is 43.4 Å². The molecule has 0 bridgehead atoms. The summed E-state index contributed by atoms with van der Waals surface area (Å²) in [6.45, 7) is 5.91. The Hall–Kier alpha value is -1.66. The molecule has 11 heteroatoms. The molecule has 2 amide bonds. The molecule has 0 spiro atoms. The molecular formula is C22H34N4O6S. The second kappa shape index (κ2) is 9.53. The number of rotatable bonds is 8. The lowest BCUT2D eigenvalue weighted by molar-refractivity contribution is -0.163. The number of nitrogens with one attached hydrogen (secondary N) is 1. The van der Waals surface area contributed by atoms with Crippen LogP contribution in [0.1, 0.15) is 33.1 Å². The van der Waals surface area contributed by atoms with Crippen LogP contribution in [-0.2, 0) is 14.4 Å². The minimum atomic E-state index is -1.14. The molecule has 0 radical (unpaired) electrons. The molecule has 0 saturated carbocycles. The Kier molecular flexibility index (Phi) is 7.07. The van der Waals surface area contributed by atoms with Crippen molar-refractivity contribution in [3.63, 3.8) is 0 Å². The fraction of sp³-hybridized carbons (Fsp3) is 0.773. The van der Waals surface area contributed by atoms with Crippen molar-refractivity contribution in [3.05, 3.63) is 10.6 Å². The molecule has 7 unspecified atom stereocenters. The Labute approximate surface area is 197 Å². The molecule has 6 N–H and O–H groups in total. The highest BCUT2D eigenvalue weighted by Gasteiger charge is 2.60. The summed E-state index contributed by atoms with van der Waals surface area (Å²) in [4.78, 5) is 40.8. The van der Waals surface area contributed by atoms with E-state index >= 15 is 0 Å². The number of nitrogens with two attached hydrogens (primary N) is 1. The SMILES string of the molecule is CC(O)C1C(=O)N2C(C(=O)O)=C(SC3CNC(C(O)CC(=O)N4CCC(CN)C4)C3)C(C)[C@H]12. The fourth-order valence-electron chi connectivity index (χ4n) is 5.68. The van der Waals surface area contributed by atoms with Gasteiger partial charge in [0.15, 0.2) is 0 Å². The van der Waals surface area contributed by atoms with Gasteiger partial charge in [-0.1, -0.05) is 6.92 Å². The summed E-state index contributed by atoms with van der Waals surface area (Å²) in [5.41, 5.74) is 5.71. The lowest BCUT2D eigenvalue weighted by atomic mass is 9.79. The highest BCUT2D eigenvalue weighted by atomic mass is 32.2. The second-order valence-electron chi connectivity index (χ2n) is 9.76. The van der Waals surface area contributed by atoms with Gasteiger partial charge >= 0.3 is 5.97 Å². The van der Waals surface area contributed by atoms with Crippen molar-refractivity contribution in [2.75, 3.05) is 26.2 Å². The number of aliphatic hydroxyl groups is 2. The minimum absolute atomic E-state index is 0.0127. The van der Waals surface area contributed by atoms with E-state index in [1.54, 1.807) is 11.8 Å². The number of hydrogen-bond acceptors (Lipinski definition) is 8. The van der Waals surface area contributed by atoms with Crippen molar-refractivity contribution in [1.82, 2.24) is 15.1 Å². The maximum atomic E-state index is 12.6. The molecule has 0 aliphatic carbocycles. The smallest absolute Gasteiger partial charge is 0.353 e. The maximum absolute atomic E-state index is 12.6. The van der Waals surface area contributed by atoms with Crippen molar-refractivity contribution < 1.29 is 29.7 Å². The zero-order valence-corrected chi connectivity index (χ0v) is 19.8. The van der Waals surface area contributed by atoms with E-state index in [9.17, 15) is 29.7 Å². The molecule has 33 heavy (non-hydrogen) atoms. The van der Waals surface area contributed by atoms with Crippen LogP contribution in [0.5, 0.6) is 0 Å². The number of aliphatic carboxylic acids is 1. The third-order valence-corrected chi connectivity index (χ3v) is 9.06. The van der Waals surface area contributed by atoms with E-state index in [0.717, 1.165) is 6.42 Å². The molecule has 10 nitrogen and oxygen atoms in total. The number of hydrogen-bond donors (Lipinski definition) is 5. The predicted molar refractivity (Wildman–Crippen MR) is 122 cm³/mol. The first-order valence-corrected chi connectivity index (χ1v) is 12.6. The van der Waals surface area contributed by atoms with Crippen LogP contribution < -0.4 is 11.1 Å². The number of nitrogens with zero attached hydrogens (tertiary/aromatic N) is 2. The predicted octanol–water partition coefficient (Wildman–Crippen LogP) is -0.838. The Morgan fingerprint density at radius 2 is 2.06 bits per heavy atom. The number of carboxylic acids is 1. The molecule has 3 fully saturated rings. The van der Waals surface area contributed by atoms with E-state index in [1.807, 2.05) is 6.92 Å². The lowest BCUT2D eigenvalue weighted by Gasteiger charge is -2.46. The number of likely N-dealkylation sites (tertiary alicyclic amines) is 1. The number of β-lactam (4-membered cyclic amide) rings is 1. The third-order valence-electron chi connectivity index (χ3n) is 7.55. The van der Waals surface area contributed by atoms with Gasteiger partial charge in [0, 0.05) is 41.7 Å². The van der Waals surface area contributed by atoms with Gasteiger partial charge in [0.2, 0.25) is 11.8 Å². The number of thioether (sulfide) groups is 1. The number of aliphatic hydroxyl groups excluding tert-OH is 2. The minimum Gasteiger partial charge on any atom is -0.477 e. The van der Waals surface area contributed by atoms with Crippen molar-refractivity contribution in [1.29, 1.82) is 0 Å². The molecule has 3 saturated heterocycles. The van der Waals surface area contributed by atoms with Crippen LogP contribution in [-0.4, -0.2) is 98.6 Å². The van der Waals surface area contributed by atoms with Gasteiger partial charge in [-0.2, -0.15) is 0 Å². The Bertz CT molecular complexity index is 851. The second-order valence-corrected chi connectivity index (χ2v) is 11.1. The number of fused-ring (bicyclic) bond motifs is 1. The first kappa shape index (κ1) is 24.5. The maximum Gasteiger partial charge on any atom is 0.353 e. The van der Waals surface area contributed by atoms with E-state index in [4.69, 9.17) is 5.73 Å². The van der Waals surface area contributed by atoms with E-state index in [1.165, 1.54) is 16.7 Å². The van der Waals surface area contributed by atoms with Crippen molar-refractivity contribution >= 4 is 29.5 Å². The average molecular weight is 483 g/mol. The summed E-state index contributed by atoms with van der Waals surface area (Å²) in [5.74, 6) is -1.99. The zero-order valence-electron chi connectivity index (χ0n) is 19.0. The first-order chi connectivity index (χ1) is 15.6. The highest BCUT2D eigenvalue weighted by molar-refractivity contribution is 8.03. The van der Waals surface area contributed by atoms with Gasteiger partial charge in [0.1, 0.15) is 5.70 Å². The van der Waals surface area contributed by atoms with Crippen LogP contribution in [0.3, 0.4) is 0 Å². The molecule has 0 aromatic heterocycles. The van der Waals surface area contributed by atoms with Gasteiger partial charge in [-0.15, -0.1) is 11.8 Å². The molecular weight excluding hydrogens is 448 g/mol. The molecule has 8 atom stereocenters. The largest absolute Gasteiger partial charge is 0.477 e. The average Bonchev–Trinajstić information content (AvgIpc) is 3.46. The number of carbonyl (C=O) groups is 3. The Morgan fingerprint density at radius 3 is 2.67 bits per heavy atom. The van der Waals surface area contributed by atoms with E-state index in [2.05, 4.69) is 5.32 Å². The molecule has 0 aromatic carbocycles. The molecule has 184 valence electrons. The molecule has 4 aliphatic heterocycles. The Balaban J connectivity index is 1.36. The van der Waals surface area contributed by atoms with E-state index < -0.39 is 24.1 Å². The van der Waals surface area contributed by atoms with Crippen molar-refractivity contribution in [2.45, 2.75) is 62.7 Å². The lowest BCUT2D eigenvalue weighted by Crippen LogP contribution is -2.63. The van der Waals surface area contributed by atoms with Crippen LogP contribution in [0.25, 0.3) is 0 Å². The van der Waals surface area contributed by atoms with Gasteiger partial charge in [-0.25, -0.2) is 4.79 Å². The molecule has 4 heterocycles. The van der Waals surface area contributed by atoms with Gasteiger partial charge in [0.25, 0.3) is 0 Å². The molecule has 4 rings (SSSR count). The van der Waals surface area contributed by atoms with Crippen LogP contribution in [0.15, 0.2) is 10.6 Å². The van der Waals surface area contributed by atoms with Gasteiger partial charge in [-0.3, -0.25) is 9.59 Å². The normalized spacial score (nSPS) is 35.6. The first-order valence-electron chi connectivity index (χ1n) is 11.7. The Morgan fingerprint density at radius 1 is 1.33 bits per heavy atom. The van der Waals surface area contributed by atoms with Crippen LogP contribution in [0.4, 0.5) is 0 Å². The monoisotopic (exact) mass is 482 g/mol. The fourth-order valence-corrected chi connectivity index (χ4v) is 7.17. The van der Waals surface area contributed by atoms with Gasteiger partial charge < -0.3 is 36.2 Å².